The van der Waals surface area contributed by atoms with Gasteiger partial charge in [-0.05, 0) is 24.6 Å². The van der Waals surface area contributed by atoms with Gasteiger partial charge in [0.1, 0.15) is 5.82 Å². The number of nitrogens with zero attached hydrogens (tertiary/aromatic N) is 4. The van der Waals surface area contributed by atoms with Crippen LogP contribution in [0.25, 0.3) is 0 Å². The van der Waals surface area contributed by atoms with Crippen molar-refractivity contribution in [2.75, 3.05) is 19.0 Å². The lowest BCUT2D eigenvalue weighted by Gasteiger charge is -2.21. The molecule has 0 amide bonds. The van der Waals surface area contributed by atoms with Gasteiger partial charge in [0.25, 0.3) is 0 Å². The summed E-state index contributed by atoms with van der Waals surface area (Å²) in [6.45, 7) is 2.78. The van der Waals surface area contributed by atoms with Crippen LogP contribution in [0.1, 0.15) is 28.6 Å². The summed E-state index contributed by atoms with van der Waals surface area (Å²) < 4.78 is 1.94. The van der Waals surface area contributed by atoms with Crippen LogP contribution in [-0.2, 0) is 13.6 Å². The first-order chi connectivity index (χ1) is 12.1. The van der Waals surface area contributed by atoms with E-state index in [4.69, 9.17) is 0 Å². The third-order valence-corrected chi connectivity index (χ3v) is 4.34. The molecule has 2 heterocycles. The molecule has 0 fully saturated rings. The Kier molecular flexibility index (Phi) is 5.14. The Labute approximate surface area is 149 Å². The second-order valence-electron chi connectivity index (χ2n) is 6.38. The van der Waals surface area contributed by atoms with Gasteiger partial charge in [-0.3, -0.25) is 9.67 Å². The van der Waals surface area contributed by atoms with Crippen LogP contribution in [0.15, 0.2) is 54.7 Å². The zero-order chi connectivity index (χ0) is 17.8. The molecule has 25 heavy (non-hydrogen) atoms. The van der Waals surface area contributed by atoms with Crippen molar-refractivity contribution < 1.29 is 0 Å². The lowest BCUT2D eigenvalue weighted by molar-refractivity contribution is 0.590. The molecule has 0 radical (unpaired) electrons. The van der Waals surface area contributed by atoms with Crippen LogP contribution < -0.4 is 10.2 Å². The van der Waals surface area contributed by atoms with Gasteiger partial charge in [0.2, 0.25) is 0 Å². The Morgan fingerprint density at radius 3 is 2.44 bits per heavy atom. The average molecular weight is 335 g/mol. The molecule has 0 aliphatic rings. The monoisotopic (exact) mass is 335 g/mol. The molecule has 1 aromatic carbocycles. The highest BCUT2D eigenvalue weighted by molar-refractivity contribution is 5.49. The standard InChI is InChI=1S/C20H25N5/c1-15-17(20(24(2)3)25(4)23-15)14-22-19(16-10-6-5-7-11-16)18-12-8-9-13-21-18/h5-13,19,22H,14H2,1-4H3/t19-/m1/s1. The highest BCUT2D eigenvalue weighted by Gasteiger charge is 2.19. The van der Waals surface area contributed by atoms with Crippen molar-refractivity contribution in [1.29, 1.82) is 0 Å². The molecule has 0 saturated heterocycles. The van der Waals surface area contributed by atoms with E-state index in [0.717, 1.165) is 23.8 Å². The van der Waals surface area contributed by atoms with E-state index in [1.54, 1.807) is 0 Å². The summed E-state index contributed by atoms with van der Waals surface area (Å²) in [6.07, 6.45) is 1.84. The molecular formula is C20H25N5. The molecule has 130 valence electrons. The maximum Gasteiger partial charge on any atom is 0.130 e. The van der Waals surface area contributed by atoms with Gasteiger partial charge in [0, 0.05) is 39.4 Å². The van der Waals surface area contributed by atoms with E-state index in [1.165, 1.54) is 11.1 Å². The number of hydrogen-bond donors (Lipinski definition) is 1. The van der Waals surface area contributed by atoms with E-state index in [9.17, 15) is 0 Å². The fraction of sp³-hybridized carbons (Fsp3) is 0.300. The zero-order valence-electron chi connectivity index (χ0n) is 15.3. The molecule has 0 aliphatic carbocycles. The molecule has 0 aliphatic heterocycles. The van der Waals surface area contributed by atoms with Crippen LogP contribution in [0, 0.1) is 6.92 Å². The quantitative estimate of drug-likeness (QED) is 0.752. The molecule has 0 bridgehead atoms. The number of anilines is 1. The third-order valence-electron chi connectivity index (χ3n) is 4.34. The first-order valence-corrected chi connectivity index (χ1v) is 8.47. The van der Waals surface area contributed by atoms with Gasteiger partial charge >= 0.3 is 0 Å². The van der Waals surface area contributed by atoms with Crippen LogP contribution in [-0.4, -0.2) is 28.9 Å². The number of pyridine rings is 1. The Bertz CT molecular complexity index is 769. The van der Waals surface area contributed by atoms with Crippen molar-refractivity contribution >= 4 is 5.82 Å². The topological polar surface area (TPSA) is 46.0 Å². The number of aryl methyl sites for hydroxylation is 2. The van der Waals surface area contributed by atoms with E-state index in [1.807, 2.05) is 50.2 Å². The van der Waals surface area contributed by atoms with Gasteiger partial charge in [-0.25, -0.2) is 0 Å². The van der Waals surface area contributed by atoms with Crippen molar-refractivity contribution in [3.05, 3.63) is 77.2 Å². The summed E-state index contributed by atoms with van der Waals surface area (Å²) in [7, 11) is 6.08. The first kappa shape index (κ1) is 17.2. The lowest BCUT2D eigenvalue weighted by Crippen LogP contribution is -2.24. The number of benzene rings is 1. The van der Waals surface area contributed by atoms with Crippen LogP contribution >= 0.6 is 0 Å². The van der Waals surface area contributed by atoms with Gasteiger partial charge in [-0.1, -0.05) is 36.4 Å². The molecule has 0 unspecified atom stereocenters. The number of aromatic nitrogens is 3. The van der Waals surface area contributed by atoms with Crippen molar-refractivity contribution in [3.8, 4) is 0 Å². The van der Waals surface area contributed by atoms with Gasteiger partial charge in [0.15, 0.2) is 0 Å². The SMILES string of the molecule is Cc1nn(C)c(N(C)C)c1CN[C@H](c1ccccc1)c1ccccn1. The fourth-order valence-electron chi connectivity index (χ4n) is 3.25. The molecule has 0 saturated carbocycles. The van der Waals surface area contributed by atoms with E-state index >= 15 is 0 Å². The minimum Gasteiger partial charge on any atom is -0.363 e. The zero-order valence-corrected chi connectivity index (χ0v) is 15.3. The fourth-order valence-corrected chi connectivity index (χ4v) is 3.25. The second kappa shape index (κ2) is 7.49. The Morgan fingerprint density at radius 2 is 1.80 bits per heavy atom. The summed E-state index contributed by atoms with van der Waals surface area (Å²) in [5.74, 6) is 1.12. The van der Waals surface area contributed by atoms with Gasteiger partial charge in [-0.2, -0.15) is 5.10 Å². The summed E-state index contributed by atoms with van der Waals surface area (Å²) in [6, 6.07) is 16.5. The van der Waals surface area contributed by atoms with Crippen LogP contribution in [0.2, 0.25) is 0 Å². The summed E-state index contributed by atoms with van der Waals surface area (Å²) >= 11 is 0. The van der Waals surface area contributed by atoms with Crippen LogP contribution in [0.4, 0.5) is 5.82 Å². The normalized spacial score (nSPS) is 12.2. The Morgan fingerprint density at radius 1 is 1.08 bits per heavy atom. The van der Waals surface area contributed by atoms with E-state index in [0.29, 0.717) is 0 Å². The molecular weight excluding hydrogens is 310 g/mol. The number of hydrogen-bond acceptors (Lipinski definition) is 4. The predicted molar refractivity (Wildman–Crippen MR) is 102 cm³/mol. The molecule has 0 spiro atoms. The van der Waals surface area contributed by atoms with Gasteiger partial charge < -0.3 is 10.2 Å². The highest BCUT2D eigenvalue weighted by Crippen LogP contribution is 2.25. The minimum atomic E-state index is 0.0389. The van der Waals surface area contributed by atoms with Gasteiger partial charge in [0.05, 0.1) is 17.4 Å². The van der Waals surface area contributed by atoms with Crippen molar-refractivity contribution in [2.45, 2.75) is 19.5 Å². The predicted octanol–water partition coefficient (Wildman–Crippen LogP) is 3.07. The minimum absolute atomic E-state index is 0.0389. The first-order valence-electron chi connectivity index (χ1n) is 8.47. The molecule has 5 nitrogen and oxygen atoms in total. The third kappa shape index (κ3) is 3.72. The molecule has 3 rings (SSSR count). The Hall–Kier alpha value is -2.66. The molecule has 1 N–H and O–H groups in total. The summed E-state index contributed by atoms with van der Waals surface area (Å²) in [5.41, 5.74) is 4.48. The van der Waals surface area contributed by atoms with Crippen molar-refractivity contribution in [3.63, 3.8) is 0 Å². The molecule has 1 atom stereocenters. The lowest BCUT2D eigenvalue weighted by atomic mass is 10.0. The van der Waals surface area contributed by atoms with E-state index in [2.05, 4.69) is 57.6 Å². The van der Waals surface area contributed by atoms with E-state index < -0.39 is 0 Å². The highest BCUT2D eigenvalue weighted by atomic mass is 15.4. The average Bonchev–Trinajstić information content (AvgIpc) is 2.90. The van der Waals surface area contributed by atoms with Crippen molar-refractivity contribution in [2.24, 2.45) is 7.05 Å². The number of nitrogens with one attached hydrogen (secondary N) is 1. The molecule has 2 aromatic heterocycles. The Balaban J connectivity index is 1.90. The second-order valence-corrected chi connectivity index (χ2v) is 6.38. The smallest absolute Gasteiger partial charge is 0.130 e. The summed E-state index contributed by atoms with van der Waals surface area (Å²) in [4.78, 5) is 6.67. The van der Waals surface area contributed by atoms with Crippen LogP contribution in [0.5, 0.6) is 0 Å². The molecule has 3 aromatic rings. The van der Waals surface area contributed by atoms with Crippen LogP contribution in [0.3, 0.4) is 0 Å². The largest absolute Gasteiger partial charge is 0.363 e. The maximum atomic E-state index is 4.58. The van der Waals surface area contributed by atoms with Crippen molar-refractivity contribution in [1.82, 2.24) is 20.1 Å². The van der Waals surface area contributed by atoms with E-state index in [-0.39, 0.29) is 6.04 Å². The maximum absolute atomic E-state index is 4.58. The number of rotatable bonds is 6. The van der Waals surface area contributed by atoms with Gasteiger partial charge in [-0.15, -0.1) is 0 Å². The summed E-state index contributed by atoms with van der Waals surface area (Å²) in [5, 5.41) is 8.25. The molecule has 5 heteroatoms.